The summed E-state index contributed by atoms with van der Waals surface area (Å²) < 4.78 is 17.0. The van der Waals surface area contributed by atoms with Crippen molar-refractivity contribution in [3.63, 3.8) is 0 Å². The molecular formula is C25H54N3O3PS. The van der Waals surface area contributed by atoms with Gasteiger partial charge in [0.25, 0.3) is 0 Å². The minimum Gasteiger partial charge on any atom is -0.354 e. The molecule has 0 atom stereocenters. The van der Waals surface area contributed by atoms with Crippen LogP contribution >= 0.6 is 20.2 Å². The van der Waals surface area contributed by atoms with Gasteiger partial charge in [-0.05, 0) is 74.7 Å². The van der Waals surface area contributed by atoms with E-state index in [2.05, 4.69) is 90.8 Å². The first-order valence-corrected chi connectivity index (χ1v) is 15.1. The molecule has 0 aliphatic rings. The van der Waals surface area contributed by atoms with Crippen LogP contribution in [0, 0.1) is 0 Å². The second-order valence-corrected chi connectivity index (χ2v) is 12.6. The molecule has 6 nitrogen and oxygen atoms in total. The smallest absolute Gasteiger partial charge is 0.191 e. The topological polar surface area (TPSA) is 54.0 Å². The molecule has 0 aromatic carbocycles. The first-order valence-electron chi connectivity index (χ1n) is 12.9. The Morgan fingerprint density at radius 2 is 1.33 bits per heavy atom. The van der Waals surface area contributed by atoms with E-state index in [0.717, 1.165) is 25.8 Å². The zero-order chi connectivity index (χ0) is 25.6. The molecule has 0 rings (SSSR count). The highest BCUT2D eigenvalue weighted by Gasteiger charge is 2.34. The maximum Gasteiger partial charge on any atom is 0.191 e. The quantitative estimate of drug-likeness (QED) is 0.119. The standard InChI is InChI=1S/C25H54N3O3PS/c1-12-25(13-2,14-3)26-16-15-24(29)33-18-17-30-19-31-32(27(20(4)5)21(6)7)28(22(8)9)23(10)11/h20-23,26H,12-19H2,1-11H3. The monoisotopic (exact) mass is 507 g/mol. The molecule has 0 saturated heterocycles. The van der Waals surface area contributed by atoms with Gasteiger partial charge in [-0.3, -0.25) is 4.79 Å². The molecule has 198 valence electrons. The Morgan fingerprint density at radius 1 is 0.879 bits per heavy atom. The van der Waals surface area contributed by atoms with E-state index in [9.17, 15) is 4.79 Å². The van der Waals surface area contributed by atoms with Gasteiger partial charge in [0.05, 0.1) is 6.61 Å². The summed E-state index contributed by atoms with van der Waals surface area (Å²) in [5.41, 5.74) is 0.170. The van der Waals surface area contributed by atoms with Crippen LogP contribution in [-0.2, 0) is 14.1 Å². The molecule has 0 saturated carbocycles. The Kier molecular flexibility index (Phi) is 17.8. The van der Waals surface area contributed by atoms with Crippen molar-refractivity contribution < 1.29 is 14.1 Å². The summed E-state index contributed by atoms with van der Waals surface area (Å²) in [6, 6.07) is 1.52. The third-order valence-corrected chi connectivity index (χ3v) is 9.98. The van der Waals surface area contributed by atoms with Crippen LogP contribution in [-0.4, -0.2) is 69.9 Å². The van der Waals surface area contributed by atoms with Gasteiger partial charge < -0.3 is 14.6 Å². The lowest BCUT2D eigenvalue weighted by Crippen LogP contribution is -2.44. The van der Waals surface area contributed by atoms with Gasteiger partial charge in [0.2, 0.25) is 0 Å². The molecule has 0 radical (unpaired) electrons. The SMILES string of the molecule is CCC(CC)(CC)NCCC(=O)SCCOCOP(N(C(C)C)C(C)C)N(C(C)C)C(C)C. The van der Waals surface area contributed by atoms with Gasteiger partial charge >= 0.3 is 0 Å². The normalized spacial score (nSPS) is 13.2. The van der Waals surface area contributed by atoms with Crippen molar-refractivity contribution in [2.75, 3.05) is 25.7 Å². The second-order valence-electron chi connectivity index (χ2n) is 9.78. The highest BCUT2D eigenvalue weighted by molar-refractivity contribution is 8.13. The van der Waals surface area contributed by atoms with Crippen molar-refractivity contribution in [1.82, 2.24) is 14.7 Å². The van der Waals surface area contributed by atoms with Crippen LogP contribution in [0.4, 0.5) is 0 Å². The predicted molar refractivity (Wildman–Crippen MR) is 147 cm³/mol. The van der Waals surface area contributed by atoms with E-state index in [-0.39, 0.29) is 17.4 Å². The number of hydrogen-bond donors (Lipinski definition) is 1. The van der Waals surface area contributed by atoms with Gasteiger partial charge in [-0.2, -0.15) is 0 Å². The first kappa shape index (κ1) is 33.2. The van der Waals surface area contributed by atoms with Crippen LogP contribution in [0.1, 0.15) is 102 Å². The molecule has 0 bridgehead atoms. The van der Waals surface area contributed by atoms with Crippen molar-refractivity contribution in [1.29, 1.82) is 0 Å². The Balaban J connectivity index is 4.55. The zero-order valence-electron chi connectivity index (χ0n) is 23.4. The zero-order valence-corrected chi connectivity index (χ0v) is 25.2. The van der Waals surface area contributed by atoms with Gasteiger partial charge in [-0.25, -0.2) is 9.34 Å². The molecule has 8 heteroatoms. The summed E-state index contributed by atoms with van der Waals surface area (Å²) in [4.78, 5) is 12.2. The van der Waals surface area contributed by atoms with Crippen LogP contribution in [0.5, 0.6) is 0 Å². The molecular weight excluding hydrogens is 453 g/mol. The summed E-state index contributed by atoms with van der Waals surface area (Å²) in [6.07, 6.45) is 3.83. The number of nitrogens with one attached hydrogen (secondary N) is 1. The minimum atomic E-state index is -0.944. The van der Waals surface area contributed by atoms with Crippen LogP contribution in [0.25, 0.3) is 0 Å². The molecule has 0 amide bonds. The number of thioether (sulfide) groups is 1. The molecule has 0 aliphatic heterocycles. The van der Waals surface area contributed by atoms with Gasteiger partial charge in [-0.15, -0.1) is 0 Å². The minimum absolute atomic E-state index is 0.170. The highest BCUT2D eigenvalue weighted by atomic mass is 32.2. The fourth-order valence-corrected chi connectivity index (χ4v) is 7.15. The number of rotatable bonds is 19. The highest BCUT2D eigenvalue weighted by Crippen LogP contribution is 2.50. The lowest BCUT2D eigenvalue weighted by atomic mass is 9.90. The van der Waals surface area contributed by atoms with Crippen molar-refractivity contribution in [3.05, 3.63) is 0 Å². The predicted octanol–water partition coefficient (Wildman–Crippen LogP) is 6.65. The van der Waals surface area contributed by atoms with Gasteiger partial charge in [0.1, 0.15) is 0 Å². The number of carbonyl (C=O) groups excluding carboxylic acids is 1. The van der Waals surface area contributed by atoms with E-state index in [1.54, 1.807) is 0 Å². The van der Waals surface area contributed by atoms with E-state index in [0.29, 0.717) is 42.9 Å². The molecule has 0 aromatic rings. The van der Waals surface area contributed by atoms with E-state index >= 15 is 0 Å². The summed E-state index contributed by atoms with van der Waals surface area (Å²) >= 11 is 1.37. The van der Waals surface area contributed by atoms with Crippen LogP contribution < -0.4 is 5.32 Å². The fraction of sp³-hybridized carbons (Fsp3) is 0.960. The Morgan fingerprint density at radius 3 is 1.73 bits per heavy atom. The summed E-state index contributed by atoms with van der Waals surface area (Å²) in [5, 5.41) is 3.83. The third kappa shape index (κ3) is 12.2. The van der Waals surface area contributed by atoms with Crippen molar-refractivity contribution in [2.45, 2.75) is 132 Å². The molecule has 0 aliphatic carbocycles. The van der Waals surface area contributed by atoms with Crippen molar-refractivity contribution in [3.8, 4) is 0 Å². The summed E-state index contributed by atoms with van der Waals surface area (Å²) in [6.45, 7) is 25.9. The number of carbonyl (C=O) groups is 1. The van der Waals surface area contributed by atoms with Gasteiger partial charge in [-0.1, -0.05) is 32.5 Å². The lowest BCUT2D eigenvalue weighted by Gasteiger charge is -2.45. The molecule has 0 heterocycles. The average Bonchev–Trinajstić information content (AvgIpc) is 2.72. The molecule has 0 unspecified atom stereocenters. The molecule has 33 heavy (non-hydrogen) atoms. The molecule has 0 spiro atoms. The largest absolute Gasteiger partial charge is 0.354 e. The summed E-state index contributed by atoms with van der Waals surface area (Å²) in [5.74, 6) is 0.663. The van der Waals surface area contributed by atoms with Crippen LogP contribution in [0.2, 0.25) is 0 Å². The maximum atomic E-state index is 12.2. The number of ether oxygens (including phenoxy) is 1. The molecule has 0 fully saturated rings. The van der Waals surface area contributed by atoms with E-state index in [4.69, 9.17) is 9.26 Å². The second kappa shape index (κ2) is 17.6. The molecule has 1 N–H and O–H groups in total. The Hall–Kier alpha value is 0.250. The number of nitrogens with zero attached hydrogens (tertiary/aromatic N) is 2. The average molecular weight is 508 g/mol. The lowest BCUT2D eigenvalue weighted by molar-refractivity contribution is -0.111. The van der Waals surface area contributed by atoms with E-state index in [1.165, 1.54) is 11.8 Å². The first-order chi connectivity index (χ1) is 15.5. The Bertz CT molecular complexity index is 473. The maximum absolute atomic E-state index is 12.2. The van der Waals surface area contributed by atoms with E-state index < -0.39 is 8.45 Å². The van der Waals surface area contributed by atoms with E-state index in [1.807, 2.05) is 0 Å². The third-order valence-electron chi connectivity index (χ3n) is 6.11. The summed E-state index contributed by atoms with van der Waals surface area (Å²) in [7, 11) is -0.944. The van der Waals surface area contributed by atoms with Gasteiger partial charge in [0.15, 0.2) is 20.4 Å². The van der Waals surface area contributed by atoms with Crippen LogP contribution in [0.15, 0.2) is 0 Å². The van der Waals surface area contributed by atoms with Gasteiger partial charge in [0, 0.05) is 48.4 Å². The number of hydrogen-bond acceptors (Lipinski definition) is 7. The van der Waals surface area contributed by atoms with Crippen molar-refractivity contribution >= 4 is 25.3 Å². The fourth-order valence-electron chi connectivity index (χ4n) is 4.22. The van der Waals surface area contributed by atoms with Crippen LogP contribution in [0.3, 0.4) is 0 Å². The molecule has 0 aromatic heterocycles. The Labute approximate surface area is 211 Å². The van der Waals surface area contributed by atoms with Crippen molar-refractivity contribution in [2.24, 2.45) is 0 Å².